The van der Waals surface area contributed by atoms with Crippen molar-refractivity contribution in [2.45, 2.75) is 13.8 Å². The van der Waals surface area contributed by atoms with Crippen LogP contribution in [0.5, 0.6) is 0 Å². The molecule has 3 nitrogen and oxygen atoms in total. The highest BCUT2D eigenvalue weighted by Gasteiger charge is 2.16. The Hall–Kier alpha value is -1.42. The minimum atomic E-state index is -0.0271. The summed E-state index contributed by atoms with van der Waals surface area (Å²) in [5.41, 5.74) is 0.502. The number of furan rings is 1. The zero-order valence-electron chi connectivity index (χ0n) is 7.90. The first-order chi connectivity index (χ1) is 6.68. The van der Waals surface area contributed by atoms with Crippen molar-refractivity contribution in [3.63, 3.8) is 0 Å². The molecule has 0 saturated heterocycles. The third-order valence-electron chi connectivity index (χ3n) is 1.81. The lowest BCUT2D eigenvalue weighted by Crippen LogP contribution is -1.94. The number of rotatable bonds is 2. The smallest absolute Gasteiger partial charge is 0.179 e. The first-order valence-electron chi connectivity index (χ1n) is 4.20. The lowest BCUT2D eigenvalue weighted by Gasteiger charge is -1.92. The van der Waals surface area contributed by atoms with Gasteiger partial charge in [0.25, 0.3) is 0 Å². The summed E-state index contributed by atoms with van der Waals surface area (Å²) < 4.78 is 5.24. The van der Waals surface area contributed by atoms with Gasteiger partial charge in [-0.15, -0.1) is 11.3 Å². The number of Topliss-reactive ketones (excluding diaryl/α,β-unsaturated/α-hetero) is 1. The van der Waals surface area contributed by atoms with Gasteiger partial charge in [-0.3, -0.25) is 4.79 Å². The Kier molecular flexibility index (Phi) is 2.21. The summed E-state index contributed by atoms with van der Waals surface area (Å²) in [6, 6.07) is 3.63. The maximum Gasteiger partial charge on any atom is 0.179 e. The molecule has 0 atom stereocenters. The number of aromatic nitrogens is 1. The predicted molar refractivity (Wildman–Crippen MR) is 54.6 cm³/mol. The van der Waals surface area contributed by atoms with Crippen molar-refractivity contribution in [1.82, 2.24) is 4.98 Å². The Morgan fingerprint density at radius 3 is 2.93 bits per heavy atom. The van der Waals surface area contributed by atoms with Gasteiger partial charge in [-0.1, -0.05) is 0 Å². The zero-order chi connectivity index (χ0) is 10.1. The molecule has 0 saturated carbocycles. The third-order valence-corrected chi connectivity index (χ3v) is 2.80. The van der Waals surface area contributed by atoms with Crippen molar-refractivity contribution >= 4 is 17.1 Å². The van der Waals surface area contributed by atoms with E-state index in [1.807, 2.05) is 13.0 Å². The van der Waals surface area contributed by atoms with Crippen molar-refractivity contribution in [2.75, 3.05) is 0 Å². The van der Waals surface area contributed by atoms with Crippen LogP contribution in [0.1, 0.15) is 22.4 Å². The fraction of sp³-hybridized carbons (Fsp3) is 0.200. The number of thiazole rings is 1. The molecule has 0 radical (unpaired) electrons. The monoisotopic (exact) mass is 207 g/mol. The Morgan fingerprint density at radius 1 is 1.57 bits per heavy atom. The average molecular weight is 207 g/mol. The van der Waals surface area contributed by atoms with E-state index in [2.05, 4.69) is 4.98 Å². The van der Waals surface area contributed by atoms with Crippen LogP contribution in [0.15, 0.2) is 22.8 Å². The van der Waals surface area contributed by atoms with E-state index in [0.717, 1.165) is 9.88 Å². The molecule has 2 aromatic rings. The predicted octanol–water partition coefficient (Wildman–Crippen LogP) is 2.91. The van der Waals surface area contributed by atoms with Gasteiger partial charge in [-0.2, -0.15) is 0 Å². The van der Waals surface area contributed by atoms with Crippen LogP contribution in [0.4, 0.5) is 0 Å². The maximum absolute atomic E-state index is 11.3. The summed E-state index contributed by atoms with van der Waals surface area (Å²) in [7, 11) is 0. The van der Waals surface area contributed by atoms with E-state index >= 15 is 0 Å². The fourth-order valence-corrected chi connectivity index (χ4v) is 2.18. The van der Waals surface area contributed by atoms with E-state index < -0.39 is 0 Å². The first-order valence-corrected chi connectivity index (χ1v) is 5.02. The van der Waals surface area contributed by atoms with Crippen molar-refractivity contribution in [1.29, 1.82) is 0 Å². The summed E-state index contributed by atoms with van der Waals surface area (Å²) in [6.45, 7) is 3.39. The molecule has 0 bridgehead atoms. The lowest BCUT2D eigenvalue weighted by atomic mass is 10.2. The molecule has 14 heavy (non-hydrogen) atoms. The minimum absolute atomic E-state index is 0.0271. The van der Waals surface area contributed by atoms with Crippen LogP contribution in [-0.4, -0.2) is 10.8 Å². The Labute approximate surface area is 85.4 Å². The van der Waals surface area contributed by atoms with Crippen LogP contribution < -0.4 is 0 Å². The molecule has 0 spiro atoms. The molecule has 0 aliphatic heterocycles. The van der Waals surface area contributed by atoms with Crippen molar-refractivity contribution in [3.8, 4) is 10.6 Å². The largest absolute Gasteiger partial charge is 0.463 e. The van der Waals surface area contributed by atoms with E-state index in [1.165, 1.54) is 18.3 Å². The molecule has 2 heterocycles. The van der Waals surface area contributed by atoms with Gasteiger partial charge in [0.1, 0.15) is 16.3 Å². The van der Waals surface area contributed by atoms with Gasteiger partial charge >= 0.3 is 0 Å². The van der Waals surface area contributed by atoms with Gasteiger partial charge in [-0.25, -0.2) is 4.98 Å². The Bertz CT molecular complexity index is 456. The number of ketones is 1. The number of nitrogens with zero attached hydrogens (tertiary/aromatic N) is 1. The SMILES string of the molecule is CC(=O)c1nc(C)sc1-c1ccco1. The average Bonchev–Trinajstić information content (AvgIpc) is 2.70. The number of hydrogen-bond acceptors (Lipinski definition) is 4. The van der Waals surface area contributed by atoms with Gasteiger partial charge in [-0.05, 0) is 19.1 Å². The van der Waals surface area contributed by atoms with Crippen LogP contribution in [0.25, 0.3) is 10.6 Å². The summed E-state index contributed by atoms with van der Waals surface area (Å²) in [5, 5.41) is 0.876. The van der Waals surface area contributed by atoms with Gasteiger partial charge in [0.15, 0.2) is 5.78 Å². The summed E-state index contributed by atoms with van der Waals surface area (Å²) in [4.78, 5) is 16.3. The summed E-state index contributed by atoms with van der Waals surface area (Å²) in [5.74, 6) is 0.682. The van der Waals surface area contributed by atoms with E-state index in [1.54, 1.807) is 12.3 Å². The third kappa shape index (κ3) is 1.48. The standard InChI is InChI=1S/C10H9NO2S/c1-6(12)9-10(14-7(2)11-9)8-4-3-5-13-8/h3-5H,1-2H3. The van der Waals surface area contributed by atoms with Crippen molar-refractivity contribution in [3.05, 3.63) is 29.1 Å². The molecule has 0 aliphatic rings. The van der Waals surface area contributed by atoms with Crippen LogP contribution in [0, 0.1) is 6.92 Å². The van der Waals surface area contributed by atoms with Crippen LogP contribution in [0.2, 0.25) is 0 Å². The first kappa shape index (κ1) is 9.15. The second-order valence-electron chi connectivity index (χ2n) is 2.94. The van der Waals surface area contributed by atoms with Gasteiger partial charge in [0, 0.05) is 6.92 Å². The highest BCUT2D eigenvalue weighted by atomic mass is 32.1. The van der Waals surface area contributed by atoms with E-state index in [9.17, 15) is 4.79 Å². The summed E-state index contributed by atoms with van der Waals surface area (Å²) >= 11 is 1.47. The molecule has 2 rings (SSSR count). The molecule has 4 heteroatoms. The highest BCUT2D eigenvalue weighted by molar-refractivity contribution is 7.15. The molecule has 0 unspecified atom stereocenters. The van der Waals surface area contributed by atoms with E-state index in [0.29, 0.717) is 11.5 Å². The molecule has 0 amide bonds. The normalized spacial score (nSPS) is 10.4. The van der Waals surface area contributed by atoms with E-state index in [-0.39, 0.29) is 5.78 Å². The van der Waals surface area contributed by atoms with Crippen molar-refractivity contribution in [2.24, 2.45) is 0 Å². The van der Waals surface area contributed by atoms with Crippen LogP contribution in [-0.2, 0) is 0 Å². The quantitative estimate of drug-likeness (QED) is 0.711. The van der Waals surface area contributed by atoms with Gasteiger partial charge in [0.05, 0.1) is 11.3 Å². The van der Waals surface area contributed by atoms with Gasteiger partial charge in [0.2, 0.25) is 0 Å². The van der Waals surface area contributed by atoms with E-state index in [4.69, 9.17) is 4.42 Å². The minimum Gasteiger partial charge on any atom is -0.463 e. The molecule has 2 aromatic heterocycles. The zero-order valence-corrected chi connectivity index (χ0v) is 8.72. The Balaban J connectivity index is 2.58. The second-order valence-corrected chi connectivity index (χ2v) is 4.15. The highest BCUT2D eigenvalue weighted by Crippen LogP contribution is 2.30. The molecule has 0 N–H and O–H groups in total. The Morgan fingerprint density at radius 2 is 2.36 bits per heavy atom. The lowest BCUT2D eigenvalue weighted by molar-refractivity contribution is 0.101. The molecule has 72 valence electrons. The molecule has 0 fully saturated rings. The molecule has 0 aliphatic carbocycles. The van der Waals surface area contributed by atoms with Crippen LogP contribution >= 0.6 is 11.3 Å². The number of carbonyl (C=O) groups excluding carboxylic acids is 1. The van der Waals surface area contributed by atoms with Crippen molar-refractivity contribution < 1.29 is 9.21 Å². The van der Waals surface area contributed by atoms with Gasteiger partial charge < -0.3 is 4.42 Å². The number of aryl methyl sites for hydroxylation is 1. The fourth-order valence-electron chi connectivity index (χ4n) is 1.24. The molecule has 0 aromatic carbocycles. The number of carbonyl (C=O) groups is 1. The van der Waals surface area contributed by atoms with Crippen LogP contribution in [0.3, 0.4) is 0 Å². The second kappa shape index (κ2) is 3.38. The number of hydrogen-bond donors (Lipinski definition) is 0. The molecular formula is C10H9NO2S. The maximum atomic E-state index is 11.3. The summed E-state index contributed by atoms with van der Waals surface area (Å²) in [6.07, 6.45) is 1.59. The molecular weight excluding hydrogens is 198 g/mol. The topological polar surface area (TPSA) is 43.1 Å².